The van der Waals surface area contributed by atoms with Crippen LogP contribution >= 0.6 is 0 Å². The normalized spacial score (nSPS) is 19.4. The molecule has 0 saturated heterocycles. The molecule has 0 bridgehead atoms. The quantitative estimate of drug-likeness (QED) is 0.250. The maximum Gasteiger partial charge on any atom is 0.328 e. The second-order valence-corrected chi connectivity index (χ2v) is 7.95. The highest BCUT2D eigenvalue weighted by Gasteiger charge is 2.37. The number of ether oxygens (including phenoxy) is 2. The SMILES string of the molecule is CC(C)OC(=O)[C@H](CCC(=O)C=[N+]=[N-])NC(=O)[C@@H](OC1CC1)C1CCCCC1. The summed E-state index contributed by atoms with van der Waals surface area (Å²) >= 11 is 0. The zero-order chi connectivity index (χ0) is 20.5. The maximum absolute atomic E-state index is 13.0. The first-order chi connectivity index (χ1) is 13.4. The molecular weight excluding hydrogens is 362 g/mol. The van der Waals surface area contributed by atoms with Gasteiger partial charge in [0.25, 0.3) is 0 Å². The number of nitrogens with zero attached hydrogens (tertiary/aromatic N) is 2. The van der Waals surface area contributed by atoms with E-state index in [1.807, 2.05) is 0 Å². The number of esters is 1. The predicted octanol–water partition coefficient (Wildman–Crippen LogP) is 2.20. The van der Waals surface area contributed by atoms with Crippen LogP contribution in [0.5, 0.6) is 0 Å². The van der Waals surface area contributed by atoms with E-state index >= 15 is 0 Å². The molecular formula is C20H31N3O5. The van der Waals surface area contributed by atoms with Crippen LogP contribution in [0.4, 0.5) is 0 Å². The number of Topliss-reactive ketones (excluding diaryl/α,β-unsaturated/α-hetero) is 1. The molecule has 0 aliphatic heterocycles. The molecule has 2 saturated carbocycles. The Morgan fingerprint density at radius 1 is 1.14 bits per heavy atom. The molecule has 0 radical (unpaired) electrons. The van der Waals surface area contributed by atoms with E-state index in [4.69, 9.17) is 15.0 Å². The van der Waals surface area contributed by atoms with E-state index < -0.39 is 23.9 Å². The van der Waals surface area contributed by atoms with Crippen LogP contribution in [0, 0.1) is 5.92 Å². The molecule has 156 valence electrons. The van der Waals surface area contributed by atoms with Gasteiger partial charge >= 0.3 is 12.2 Å². The van der Waals surface area contributed by atoms with E-state index in [-0.39, 0.29) is 36.9 Å². The van der Waals surface area contributed by atoms with Crippen molar-refractivity contribution < 1.29 is 28.6 Å². The highest BCUT2D eigenvalue weighted by atomic mass is 16.5. The standard InChI is InChI=1S/C20H31N3O5/c1-13(2)27-20(26)17(11-8-15(24)12-22-21)23-19(25)18(28-16-9-10-16)14-6-4-3-5-7-14/h12-14,16-18H,3-11H2,1-2H3,(H,23,25)/t17-,18-/m0/s1. The summed E-state index contributed by atoms with van der Waals surface area (Å²) in [5.41, 5.74) is 8.45. The molecule has 8 nitrogen and oxygen atoms in total. The van der Waals surface area contributed by atoms with E-state index in [0.29, 0.717) is 0 Å². The van der Waals surface area contributed by atoms with Gasteiger partial charge < -0.3 is 20.3 Å². The Kier molecular flexibility index (Phi) is 8.80. The van der Waals surface area contributed by atoms with Crippen molar-refractivity contribution in [3.8, 4) is 0 Å². The Labute approximate surface area is 166 Å². The largest absolute Gasteiger partial charge is 0.461 e. The summed E-state index contributed by atoms with van der Waals surface area (Å²) in [6, 6.07) is -0.945. The molecule has 2 atom stereocenters. The Bertz CT molecular complexity index is 605. The smallest absolute Gasteiger partial charge is 0.328 e. The Hall–Kier alpha value is -2.05. The van der Waals surface area contributed by atoms with Crippen molar-refractivity contribution in [3.63, 3.8) is 0 Å². The number of amides is 1. The molecule has 0 heterocycles. The molecule has 2 rings (SSSR count). The van der Waals surface area contributed by atoms with Gasteiger partial charge in [0.2, 0.25) is 11.7 Å². The number of carbonyl (C=O) groups is 3. The van der Waals surface area contributed by atoms with Gasteiger partial charge in [0.15, 0.2) is 0 Å². The third-order valence-corrected chi connectivity index (χ3v) is 5.03. The van der Waals surface area contributed by atoms with E-state index in [0.717, 1.165) is 44.7 Å². The molecule has 2 aliphatic carbocycles. The highest BCUT2D eigenvalue weighted by molar-refractivity contribution is 6.25. The Morgan fingerprint density at radius 2 is 1.82 bits per heavy atom. The van der Waals surface area contributed by atoms with Crippen LogP contribution in [0.25, 0.3) is 5.53 Å². The topological polar surface area (TPSA) is 118 Å². The van der Waals surface area contributed by atoms with E-state index in [1.165, 1.54) is 6.42 Å². The lowest BCUT2D eigenvalue weighted by Crippen LogP contribution is -2.50. The minimum atomic E-state index is -0.945. The number of nitrogens with one attached hydrogen (secondary N) is 1. The summed E-state index contributed by atoms with van der Waals surface area (Å²) < 4.78 is 11.2. The second-order valence-electron chi connectivity index (χ2n) is 7.95. The van der Waals surface area contributed by atoms with Crippen molar-refractivity contribution in [2.24, 2.45) is 5.92 Å². The number of hydrogen-bond donors (Lipinski definition) is 1. The van der Waals surface area contributed by atoms with Gasteiger partial charge in [0.1, 0.15) is 12.1 Å². The van der Waals surface area contributed by atoms with Gasteiger partial charge in [-0.2, -0.15) is 4.79 Å². The fourth-order valence-electron chi connectivity index (χ4n) is 3.47. The first-order valence-electron chi connectivity index (χ1n) is 10.3. The van der Waals surface area contributed by atoms with Crippen molar-refractivity contribution in [1.82, 2.24) is 5.32 Å². The van der Waals surface area contributed by atoms with E-state index in [9.17, 15) is 14.4 Å². The van der Waals surface area contributed by atoms with E-state index in [1.54, 1.807) is 13.8 Å². The van der Waals surface area contributed by atoms with Crippen LogP contribution in [0.1, 0.15) is 71.6 Å². The minimum Gasteiger partial charge on any atom is -0.461 e. The van der Waals surface area contributed by atoms with Crippen molar-refractivity contribution >= 4 is 23.9 Å². The highest BCUT2D eigenvalue weighted by Crippen LogP contribution is 2.33. The van der Waals surface area contributed by atoms with Gasteiger partial charge in [0.05, 0.1) is 12.2 Å². The van der Waals surface area contributed by atoms with Gasteiger partial charge in [-0.1, -0.05) is 19.3 Å². The Morgan fingerprint density at radius 3 is 2.39 bits per heavy atom. The molecule has 2 fully saturated rings. The zero-order valence-corrected chi connectivity index (χ0v) is 16.8. The molecule has 0 aromatic carbocycles. The van der Waals surface area contributed by atoms with Crippen molar-refractivity contribution in [2.75, 3.05) is 0 Å². The number of carbonyl (C=O) groups excluding carboxylic acids is 3. The molecule has 0 unspecified atom stereocenters. The molecule has 2 aliphatic rings. The fraction of sp³-hybridized carbons (Fsp3) is 0.800. The van der Waals surface area contributed by atoms with Crippen molar-refractivity contribution in [2.45, 2.75) is 96.0 Å². The second kappa shape index (κ2) is 11.1. The maximum atomic E-state index is 13.0. The fourth-order valence-corrected chi connectivity index (χ4v) is 3.47. The molecule has 8 heteroatoms. The summed E-state index contributed by atoms with van der Waals surface area (Å²) in [5.74, 6) is -1.17. The Balaban J connectivity index is 2.04. The van der Waals surface area contributed by atoms with Crippen LogP contribution in [-0.4, -0.2) is 53.0 Å². The van der Waals surface area contributed by atoms with Crippen LogP contribution in [0.3, 0.4) is 0 Å². The third-order valence-electron chi connectivity index (χ3n) is 5.03. The monoisotopic (exact) mass is 393 g/mol. The van der Waals surface area contributed by atoms with Gasteiger partial charge in [0, 0.05) is 6.42 Å². The summed E-state index contributed by atoms with van der Waals surface area (Å²) in [7, 11) is 0. The molecule has 28 heavy (non-hydrogen) atoms. The summed E-state index contributed by atoms with van der Waals surface area (Å²) in [5, 5.41) is 2.75. The summed E-state index contributed by atoms with van der Waals surface area (Å²) in [4.78, 5) is 39.7. The molecule has 0 aromatic rings. The minimum absolute atomic E-state index is 0.0419. The first-order valence-corrected chi connectivity index (χ1v) is 10.3. The molecule has 1 N–H and O–H groups in total. The molecule has 0 aromatic heterocycles. The predicted molar refractivity (Wildman–Crippen MR) is 102 cm³/mol. The number of rotatable bonds is 11. The first kappa shape index (κ1) is 22.2. The van der Waals surface area contributed by atoms with Gasteiger partial charge in [-0.05, 0) is 51.9 Å². The molecule has 1 amide bonds. The van der Waals surface area contributed by atoms with Gasteiger partial charge in [-0.3, -0.25) is 9.59 Å². The lowest BCUT2D eigenvalue weighted by molar-refractivity contribution is -0.154. The van der Waals surface area contributed by atoms with Crippen LogP contribution in [0.2, 0.25) is 0 Å². The summed E-state index contributed by atoms with van der Waals surface area (Å²) in [6.07, 6.45) is 7.18. The van der Waals surface area contributed by atoms with Crippen molar-refractivity contribution in [1.29, 1.82) is 0 Å². The third kappa shape index (κ3) is 7.52. The van der Waals surface area contributed by atoms with E-state index in [2.05, 4.69) is 10.1 Å². The average molecular weight is 393 g/mol. The average Bonchev–Trinajstić information content (AvgIpc) is 3.47. The molecule has 0 spiro atoms. The summed E-state index contributed by atoms with van der Waals surface area (Å²) in [6.45, 7) is 3.45. The van der Waals surface area contributed by atoms with Crippen LogP contribution < -0.4 is 5.32 Å². The number of ketones is 1. The van der Waals surface area contributed by atoms with Gasteiger partial charge in [-0.15, -0.1) is 0 Å². The lowest BCUT2D eigenvalue weighted by atomic mass is 9.84. The zero-order valence-electron chi connectivity index (χ0n) is 16.8. The van der Waals surface area contributed by atoms with Crippen molar-refractivity contribution in [3.05, 3.63) is 5.53 Å². The lowest BCUT2D eigenvalue weighted by Gasteiger charge is -2.30. The van der Waals surface area contributed by atoms with Gasteiger partial charge in [-0.25, -0.2) is 4.79 Å². The van der Waals surface area contributed by atoms with Crippen LogP contribution in [0.15, 0.2) is 0 Å². The van der Waals surface area contributed by atoms with Crippen LogP contribution in [-0.2, 0) is 23.9 Å². The number of hydrogen-bond acceptors (Lipinski definition) is 5.